The van der Waals surface area contributed by atoms with Crippen molar-refractivity contribution < 1.29 is 9.90 Å². The number of carbonyl (C=O) groups is 1. The monoisotopic (exact) mass is 285 g/mol. The molecule has 0 aliphatic rings. The van der Waals surface area contributed by atoms with Crippen molar-refractivity contribution in [2.24, 2.45) is 0 Å². The summed E-state index contributed by atoms with van der Waals surface area (Å²) in [6, 6.07) is 7.07. The van der Waals surface area contributed by atoms with Crippen LogP contribution in [0.25, 0.3) is 0 Å². The van der Waals surface area contributed by atoms with Gasteiger partial charge in [-0.25, -0.2) is 0 Å². The maximum absolute atomic E-state index is 11.4. The number of hydrogen-bond donors (Lipinski definition) is 2. The highest BCUT2D eigenvalue weighted by Gasteiger charge is 2.17. The van der Waals surface area contributed by atoms with Crippen molar-refractivity contribution in [2.75, 3.05) is 18.7 Å². The van der Waals surface area contributed by atoms with Gasteiger partial charge < -0.3 is 5.11 Å². The number of thioether (sulfide) groups is 1. The van der Waals surface area contributed by atoms with Crippen molar-refractivity contribution in [3.05, 3.63) is 29.8 Å². The van der Waals surface area contributed by atoms with E-state index in [2.05, 4.69) is 12.6 Å². The molecule has 0 aromatic heterocycles. The second-order valence-electron chi connectivity index (χ2n) is 4.21. The van der Waals surface area contributed by atoms with Crippen LogP contribution in [0.5, 0.6) is 5.75 Å². The molecule has 0 fully saturated rings. The number of nitrogens with zero attached hydrogens (tertiary/aromatic N) is 1. The van der Waals surface area contributed by atoms with E-state index in [4.69, 9.17) is 0 Å². The first-order chi connectivity index (χ1) is 8.54. The van der Waals surface area contributed by atoms with Gasteiger partial charge in [0.1, 0.15) is 11.5 Å². The Balaban J connectivity index is 2.37. The summed E-state index contributed by atoms with van der Waals surface area (Å²) in [4.78, 5) is 13.4. The molecule has 0 aliphatic heterocycles. The Kier molecular flexibility index (Phi) is 6.60. The highest BCUT2D eigenvalue weighted by Crippen LogP contribution is 2.17. The Labute approximate surface area is 118 Å². The van der Waals surface area contributed by atoms with E-state index in [1.54, 1.807) is 30.8 Å². The normalized spacial score (nSPS) is 12.7. The van der Waals surface area contributed by atoms with E-state index in [9.17, 15) is 9.90 Å². The number of carbonyl (C=O) groups excluding carboxylic acids is 1. The van der Waals surface area contributed by atoms with Gasteiger partial charge in [0.2, 0.25) is 0 Å². The van der Waals surface area contributed by atoms with E-state index in [1.807, 2.05) is 24.1 Å². The number of phenols is 1. The molecule has 0 radical (unpaired) electrons. The molecule has 0 spiro atoms. The zero-order chi connectivity index (χ0) is 13.5. The summed E-state index contributed by atoms with van der Waals surface area (Å²) < 4.78 is 0. The third-order valence-corrected chi connectivity index (χ3v) is 4.15. The summed E-state index contributed by atoms with van der Waals surface area (Å²) in [6.45, 7) is 1.60. The van der Waals surface area contributed by atoms with Crippen LogP contribution in [0.1, 0.15) is 12.5 Å². The number of rotatable bonds is 7. The number of ketones is 1. The van der Waals surface area contributed by atoms with E-state index in [0.717, 1.165) is 17.2 Å². The predicted molar refractivity (Wildman–Crippen MR) is 80.4 cm³/mol. The second-order valence-corrected chi connectivity index (χ2v) is 5.53. The van der Waals surface area contributed by atoms with E-state index < -0.39 is 0 Å². The molecule has 0 amide bonds. The fourth-order valence-corrected chi connectivity index (χ4v) is 3.09. The number of Topliss-reactive ketones (excluding diaryl/α,β-unsaturated/α-hetero) is 1. The SMILES string of the molecule is CC(=O)[C@H](CS)N(C)CSCc1ccc(O)cc1. The van der Waals surface area contributed by atoms with Crippen molar-refractivity contribution in [3.8, 4) is 5.75 Å². The van der Waals surface area contributed by atoms with Crippen LogP contribution in [0.4, 0.5) is 0 Å². The first-order valence-electron chi connectivity index (χ1n) is 5.71. The molecule has 1 rings (SSSR count). The zero-order valence-electron chi connectivity index (χ0n) is 10.7. The maximum Gasteiger partial charge on any atom is 0.147 e. The lowest BCUT2D eigenvalue weighted by atomic mass is 10.2. The summed E-state index contributed by atoms with van der Waals surface area (Å²) in [5.74, 6) is 2.63. The molecule has 100 valence electrons. The molecule has 0 bridgehead atoms. The van der Waals surface area contributed by atoms with Crippen LogP contribution < -0.4 is 0 Å². The standard InChI is InChI=1S/C13H19NO2S2/c1-10(15)13(7-17)14(2)9-18-8-11-3-5-12(16)6-4-11/h3-6,13,16-17H,7-9H2,1-2H3/t13-/m0/s1. The highest BCUT2D eigenvalue weighted by molar-refractivity contribution is 7.98. The third-order valence-electron chi connectivity index (χ3n) is 2.67. The molecular formula is C13H19NO2S2. The molecule has 0 aliphatic carbocycles. The summed E-state index contributed by atoms with van der Waals surface area (Å²) in [5, 5.41) is 9.18. The van der Waals surface area contributed by atoms with Crippen molar-refractivity contribution >= 4 is 30.2 Å². The number of likely N-dealkylation sites (N-methyl/N-ethyl adjacent to an activating group) is 1. The molecule has 1 aromatic rings. The number of hydrogen-bond acceptors (Lipinski definition) is 5. The lowest BCUT2D eigenvalue weighted by Gasteiger charge is -2.23. The van der Waals surface area contributed by atoms with E-state index in [1.165, 1.54) is 0 Å². The van der Waals surface area contributed by atoms with Crippen LogP contribution in [-0.2, 0) is 10.5 Å². The van der Waals surface area contributed by atoms with Crippen LogP contribution in [0, 0.1) is 0 Å². The zero-order valence-corrected chi connectivity index (χ0v) is 12.4. The molecule has 18 heavy (non-hydrogen) atoms. The van der Waals surface area contributed by atoms with E-state index in [0.29, 0.717) is 5.75 Å². The Bertz CT molecular complexity index is 381. The van der Waals surface area contributed by atoms with E-state index in [-0.39, 0.29) is 17.6 Å². The quantitative estimate of drug-likeness (QED) is 0.596. The first-order valence-corrected chi connectivity index (χ1v) is 7.50. The van der Waals surface area contributed by atoms with Gasteiger partial charge in [0.15, 0.2) is 0 Å². The van der Waals surface area contributed by atoms with Crippen molar-refractivity contribution in [3.63, 3.8) is 0 Å². The molecule has 0 saturated carbocycles. The van der Waals surface area contributed by atoms with Crippen LogP contribution in [-0.4, -0.2) is 40.5 Å². The Morgan fingerprint density at radius 1 is 1.44 bits per heavy atom. The minimum atomic E-state index is -0.111. The maximum atomic E-state index is 11.4. The fourth-order valence-electron chi connectivity index (χ4n) is 1.57. The van der Waals surface area contributed by atoms with Crippen molar-refractivity contribution in [1.82, 2.24) is 4.90 Å². The van der Waals surface area contributed by atoms with Gasteiger partial charge in [-0.15, -0.1) is 11.8 Å². The Morgan fingerprint density at radius 3 is 2.56 bits per heavy atom. The van der Waals surface area contributed by atoms with Crippen molar-refractivity contribution in [1.29, 1.82) is 0 Å². The average Bonchev–Trinajstić information content (AvgIpc) is 2.32. The van der Waals surface area contributed by atoms with Crippen LogP contribution in [0.3, 0.4) is 0 Å². The molecule has 0 heterocycles. The van der Waals surface area contributed by atoms with Gasteiger partial charge in [-0.2, -0.15) is 12.6 Å². The van der Waals surface area contributed by atoms with E-state index >= 15 is 0 Å². The summed E-state index contributed by atoms with van der Waals surface area (Å²) in [6.07, 6.45) is 0. The van der Waals surface area contributed by atoms with Crippen LogP contribution in [0.15, 0.2) is 24.3 Å². The number of phenolic OH excluding ortho intramolecular Hbond substituents is 1. The Morgan fingerprint density at radius 2 is 2.06 bits per heavy atom. The highest BCUT2D eigenvalue weighted by atomic mass is 32.2. The van der Waals surface area contributed by atoms with Crippen molar-refractivity contribution in [2.45, 2.75) is 18.7 Å². The molecule has 0 unspecified atom stereocenters. The fraction of sp³-hybridized carbons (Fsp3) is 0.462. The van der Waals surface area contributed by atoms with Gasteiger partial charge in [-0.3, -0.25) is 9.69 Å². The van der Waals surface area contributed by atoms with Gasteiger partial charge in [0, 0.05) is 17.4 Å². The van der Waals surface area contributed by atoms with Gasteiger partial charge in [-0.05, 0) is 31.7 Å². The largest absolute Gasteiger partial charge is 0.508 e. The number of thiol groups is 1. The van der Waals surface area contributed by atoms with Gasteiger partial charge in [0.25, 0.3) is 0 Å². The lowest BCUT2D eigenvalue weighted by Crippen LogP contribution is -2.38. The minimum absolute atomic E-state index is 0.111. The molecule has 1 N–H and O–H groups in total. The predicted octanol–water partition coefficient (Wildman–Crippen LogP) is 2.40. The smallest absolute Gasteiger partial charge is 0.147 e. The molecular weight excluding hydrogens is 266 g/mol. The third kappa shape index (κ3) is 4.92. The number of aromatic hydroxyl groups is 1. The molecule has 5 heteroatoms. The minimum Gasteiger partial charge on any atom is -0.508 e. The molecule has 0 saturated heterocycles. The summed E-state index contributed by atoms with van der Waals surface area (Å²) >= 11 is 5.94. The lowest BCUT2D eigenvalue weighted by molar-refractivity contribution is -0.120. The summed E-state index contributed by atoms with van der Waals surface area (Å²) in [5.41, 5.74) is 1.16. The first kappa shape index (κ1) is 15.4. The Hall–Kier alpha value is -0.650. The van der Waals surface area contributed by atoms with Crippen LogP contribution >= 0.6 is 24.4 Å². The van der Waals surface area contributed by atoms with Gasteiger partial charge >= 0.3 is 0 Å². The van der Waals surface area contributed by atoms with Gasteiger partial charge in [-0.1, -0.05) is 12.1 Å². The molecule has 1 atom stereocenters. The summed E-state index contributed by atoms with van der Waals surface area (Å²) in [7, 11) is 1.94. The second kappa shape index (κ2) is 7.71. The van der Waals surface area contributed by atoms with Crippen LogP contribution in [0.2, 0.25) is 0 Å². The average molecular weight is 285 g/mol. The van der Waals surface area contributed by atoms with Gasteiger partial charge in [0.05, 0.1) is 6.04 Å². The number of benzene rings is 1. The molecule has 3 nitrogen and oxygen atoms in total. The molecule has 1 aromatic carbocycles. The topological polar surface area (TPSA) is 40.5 Å².